The number of hydrogen-bond donors (Lipinski definition) is 0. The van der Waals surface area contributed by atoms with Gasteiger partial charge in [0, 0.05) is 5.92 Å². The molecule has 0 unspecified atom stereocenters. The second-order valence-electron chi connectivity index (χ2n) is 5.49. The van der Waals surface area contributed by atoms with Crippen LogP contribution in [-0.2, 0) is 9.53 Å². The minimum absolute atomic E-state index is 0.343. The van der Waals surface area contributed by atoms with E-state index in [2.05, 4.69) is 4.74 Å². The Morgan fingerprint density at radius 2 is 0.906 bits per heavy atom. The van der Waals surface area contributed by atoms with Crippen molar-refractivity contribution in [1.82, 2.24) is 0 Å². The van der Waals surface area contributed by atoms with Gasteiger partial charge in [0.25, 0.3) is 0 Å². The molecule has 0 heterocycles. The lowest BCUT2D eigenvalue weighted by molar-refractivity contribution is -0.459. The molecule has 0 saturated heterocycles. The molecule has 32 heavy (non-hydrogen) atoms. The van der Waals surface area contributed by atoms with Crippen molar-refractivity contribution in [2.24, 2.45) is 0 Å². The summed E-state index contributed by atoms with van der Waals surface area (Å²) in [6.45, 7) is 0.262. The van der Waals surface area contributed by atoms with Gasteiger partial charge in [-0.05, 0) is 12.8 Å². The van der Waals surface area contributed by atoms with Gasteiger partial charge in [0.05, 0.1) is 6.61 Å². The van der Waals surface area contributed by atoms with E-state index in [1.165, 1.54) is 0 Å². The summed E-state index contributed by atoms with van der Waals surface area (Å²) in [5.41, 5.74) is 0. The molecule has 0 aliphatic carbocycles. The smallest absolute Gasteiger partial charge is 0.456 e. The van der Waals surface area contributed by atoms with Crippen LogP contribution in [0.4, 0.5) is 74.6 Å². The Hall–Kier alpha value is -2.16. The van der Waals surface area contributed by atoms with Crippen LogP contribution in [-0.4, -0.2) is 60.2 Å². The molecule has 0 aromatic heterocycles. The summed E-state index contributed by atoms with van der Waals surface area (Å²) in [4.78, 5) is 10.6. The molecule has 0 aromatic rings. The summed E-state index contributed by atoms with van der Waals surface area (Å²) in [6.07, 6.45) is -7.82. The SMILES string of the molecule is CCOC(=O)C#CC(F)(F)C(F)(F)C(F)(F)C(F)(F)C(F)(F)C(F)(F)C(F)(F)C(F)(F)F. The minimum Gasteiger partial charge on any atom is -0.456 e. The maximum atomic E-state index is 13.4. The first-order chi connectivity index (χ1) is 13.7. The number of ether oxygens (including phenoxy) is 1. The van der Waals surface area contributed by atoms with Crippen molar-refractivity contribution in [1.29, 1.82) is 0 Å². The number of halogens is 17. The second kappa shape index (κ2) is 8.01. The number of esters is 1. The standard InChI is InChI=1S/C13H5F17O2/c1-2-32-5(31)3-4-6(14,15)7(16,17)8(18,19)9(20,21)10(22,23)11(24,25)12(26,27)13(28,29)30/h2H2,1H3. The van der Waals surface area contributed by atoms with Crippen molar-refractivity contribution >= 4 is 5.97 Å². The molecule has 0 bridgehead atoms. The quantitative estimate of drug-likeness (QED) is 0.192. The number of alkyl halides is 17. The maximum absolute atomic E-state index is 13.4. The van der Waals surface area contributed by atoms with Gasteiger partial charge in [0.2, 0.25) is 0 Å². The van der Waals surface area contributed by atoms with Gasteiger partial charge in [0.1, 0.15) is 0 Å². The zero-order valence-electron chi connectivity index (χ0n) is 14.4. The van der Waals surface area contributed by atoms with Crippen LogP contribution >= 0.6 is 0 Å². The van der Waals surface area contributed by atoms with Gasteiger partial charge in [0.15, 0.2) is 0 Å². The predicted octanol–water partition coefficient (Wildman–Crippen LogP) is 5.56. The lowest BCUT2D eigenvalue weighted by Crippen LogP contribution is -2.74. The van der Waals surface area contributed by atoms with Crippen molar-refractivity contribution < 1.29 is 84.2 Å². The molecule has 0 N–H and O–H groups in total. The van der Waals surface area contributed by atoms with E-state index in [1.807, 2.05) is 0 Å². The fraction of sp³-hybridized carbons (Fsp3) is 0.769. The van der Waals surface area contributed by atoms with E-state index < -0.39 is 60.2 Å². The molecule has 19 heteroatoms. The van der Waals surface area contributed by atoms with Gasteiger partial charge in [-0.1, -0.05) is 0 Å². The van der Waals surface area contributed by atoms with Crippen LogP contribution in [0.1, 0.15) is 6.92 Å². The molecule has 0 aliphatic rings. The molecule has 0 amide bonds. The fourth-order valence-corrected chi connectivity index (χ4v) is 1.54. The number of hydrogen-bond acceptors (Lipinski definition) is 2. The molecule has 0 saturated carbocycles. The van der Waals surface area contributed by atoms with E-state index in [4.69, 9.17) is 0 Å². The molecule has 0 rings (SSSR count). The molecular weight excluding hydrogens is 511 g/mol. The first-order valence-corrected chi connectivity index (χ1v) is 7.12. The third kappa shape index (κ3) is 4.11. The number of rotatable bonds is 7. The van der Waals surface area contributed by atoms with Gasteiger partial charge in [-0.25, -0.2) is 4.79 Å². The summed E-state index contributed by atoms with van der Waals surface area (Å²) >= 11 is 0. The first-order valence-electron chi connectivity index (χ1n) is 7.12. The Labute approximate surface area is 164 Å². The van der Waals surface area contributed by atoms with Gasteiger partial charge in [-0.15, -0.1) is 0 Å². The molecule has 188 valence electrons. The van der Waals surface area contributed by atoms with Gasteiger partial charge in [-0.3, -0.25) is 0 Å². The molecule has 0 atom stereocenters. The largest absolute Gasteiger partial charge is 0.460 e. The highest BCUT2D eigenvalue weighted by Gasteiger charge is 2.95. The van der Waals surface area contributed by atoms with Gasteiger partial charge in [-0.2, -0.15) is 74.6 Å². The molecular formula is C13H5F17O2. The van der Waals surface area contributed by atoms with Crippen LogP contribution in [0, 0.1) is 11.8 Å². The summed E-state index contributed by atoms with van der Waals surface area (Å²) in [6, 6.07) is 0. The summed E-state index contributed by atoms with van der Waals surface area (Å²) in [5, 5.41) is 0. The predicted molar refractivity (Wildman–Crippen MR) is 65.1 cm³/mol. The summed E-state index contributed by atoms with van der Waals surface area (Å²) in [7, 11) is 0. The lowest BCUT2D eigenvalue weighted by Gasteiger charge is -2.42. The topological polar surface area (TPSA) is 26.3 Å². The van der Waals surface area contributed by atoms with Crippen LogP contribution in [0.5, 0.6) is 0 Å². The number of carbonyl (C=O) groups excluding carboxylic acids is 1. The molecule has 0 aromatic carbocycles. The summed E-state index contributed by atoms with van der Waals surface area (Å²) < 4.78 is 223. The van der Waals surface area contributed by atoms with Crippen molar-refractivity contribution in [2.75, 3.05) is 6.61 Å². The average molecular weight is 516 g/mol. The first kappa shape index (κ1) is 29.8. The van der Waals surface area contributed by atoms with Gasteiger partial charge >= 0.3 is 53.6 Å². The van der Waals surface area contributed by atoms with Crippen molar-refractivity contribution in [2.45, 2.75) is 54.6 Å². The molecule has 2 nitrogen and oxygen atoms in total. The highest BCUT2D eigenvalue weighted by Crippen LogP contribution is 2.63. The Balaban J connectivity index is 6.69. The molecule has 0 radical (unpaired) electrons. The Bertz CT molecular complexity index is 768. The van der Waals surface area contributed by atoms with Crippen LogP contribution in [0.15, 0.2) is 0 Å². The second-order valence-corrected chi connectivity index (χ2v) is 5.49. The van der Waals surface area contributed by atoms with Gasteiger partial charge < -0.3 is 4.74 Å². The van der Waals surface area contributed by atoms with E-state index >= 15 is 0 Å². The third-order valence-electron chi connectivity index (χ3n) is 3.32. The minimum atomic E-state index is -8.71. The zero-order chi connectivity index (χ0) is 26.4. The third-order valence-corrected chi connectivity index (χ3v) is 3.32. The molecule has 0 aliphatic heterocycles. The fourth-order valence-electron chi connectivity index (χ4n) is 1.54. The number of carbonyl (C=O) groups is 1. The average Bonchev–Trinajstić information content (AvgIpc) is 2.58. The van der Waals surface area contributed by atoms with Crippen LogP contribution < -0.4 is 0 Å². The lowest BCUT2D eigenvalue weighted by atomic mass is 9.89. The maximum Gasteiger partial charge on any atom is 0.460 e. The van der Waals surface area contributed by atoms with E-state index in [0.717, 1.165) is 6.92 Å². The van der Waals surface area contributed by atoms with E-state index in [-0.39, 0.29) is 5.92 Å². The normalized spacial score (nSPS) is 15.2. The zero-order valence-corrected chi connectivity index (χ0v) is 14.4. The monoisotopic (exact) mass is 516 g/mol. The summed E-state index contributed by atoms with van der Waals surface area (Å²) in [5.74, 6) is -59.7. The highest BCUT2D eigenvalue weighted by atomic mass is 19.4. The van der Waals surface area contributed by atoms with E-state index in [1.54, 1.807) is 0 Å². The Morgan fingerprint density at radius 3 is 1.22 bits per heavy atom. The van der Waals surface area contributed by atoms with Crippen LogP contribution in [0.25, 0.3) is 0 Å². The van der Waals surface area contributed by atoms with Crippen molar-refractivity contribution in [3.05, 3.63) is 0 Å². The van der Waals surface area contributed by atoms with Crippen LogP contribution in [0.3, 0.4) is 0 Å². The van der Waals surface area contributed by atoms with E-state index in [9.17, 15) is 79.4 Å². The van der Waals surface area contributed by atoms with Crippen LogP contribution in [0.2, 0.25) is 0 Å². The molecule has 0 spiro atoms. The van der Waals surface area contributed by atoms with Crippen molar-refractivity contribution in [3.63, 3.8) is 0 Å². The van der Waals surface area contributed by atoms with Crippen molar-refractivity contribution in [3.8, 4) is 11.8 Å². The Kier molecular flexibility index (Phi) is 7.47. The highest BCUT2D eigenvalue weighted by molar-refractivity contribution is 5.88. The Morgan fingerprint density at radius 1 is 0.594 bits per heavy atom. The molecule has 0 fully saturated rings. The van der Waals surface area contributed by atoms with E-state index in [0.29, 0.717) is 5.92 Å².